The van der Waals surface area contributed by atoms with Gasteiger partial charge < -0.3 is 0 Å². The standard InChI is InChI=1S/C7H10GeN2O/c1-6-7(10-9)3-2-4-8(6)5-11/h2-5,10H,9H2,1H3. The Bertz CT molecular complexity index is 266. The van der Waals surface area contributed by atoms with E-state index in [4.69, 9.17) is 5.84 Å². The molecule has 0 radical (unpaired) electrons. The van der Waals surface area contributed by atoms with Gasteiger partial charge in [-0.15, -0.1) is 0 Å². The topological polar surface area (TPSA) is 55.1 Å². The first kappa shape index (κ1) is 8.42. The minimum atomic E-state index is -1.69. The summed E-state index contributed by atoms with van der Waals surface area (Å²) in [7, 11) is 0. The van der Waals surface area contributed by atoms with E-state index >= 15 is 0 Å². The van der Waals surface area contributed by atoms with Crippen LogP contribution in [0, 0.1) is 0 Å². The van der Waals surface area contributed by atoms with Crippen LogP contribution in [0.25, 0.3) is 0 Å². The summed E-state index contributed by atoms with van der Waals surface area (Å²) in [5.74, 6) is 5.25. The van der Waals surface area contributed by atoms with E-state index < -0.39 is 13.9 Å². The molecule has 0 bridgehead atoms. The number of allylic oxidation sites excluding steroid dienone is 3. The predicted octanol–water partition coefficient (Wildman–Crippen LogP) is -0.517. The van der Waals surface area contributed by atoms with Gasteiger partial charge in [-0.1, -0.05) is 0 Å². The van der Waals surface area contributed by atoms with Gasteiger partial charge in [-0.25, -0.2) is 0 Å². The molecule has 0 unspecified atom stereocenters. The van der Waals surface area contributed by atoms with E-state index in [1.165, 1.54) is 0 Å². The Morgan fingerprint density at radius 2 is 2.45 bits per heavy atom. The summed E-state index contributed by atoms with van der Waals surface area (Å²) in [4.78, 5) is 12.5. The molecule has 0 amide bonds. The summed E-state index contributed by atoms with van der Waals surface area (Å²) >= 11 is -1.69. The molecule has 0 atom stereocenters. The zero-order chi connectivity index (χ0) is 8.27. The molecule has 0 aromatic carbocycles. The Balaban J connectivity index is 3.05. The third-order valence-electron chi connectivity index (χ3n) is 1.66. The van der Waals surface area contributed by atoms with Crippen LogP contribution in [0.3, 0.4) is 0 Å². The van der Waals surface area contributed by atoms with Gasteiger partial charge in [0, 0.05) is 0 Å². The van der Waals surface area contributed by atoms with Crippen LogP contribution in [0.15, 0.2) is 22.8 Å². The number of rotatable bonds is 2. The summed E-state index contributed by atoms with van der Waals surface area (Å²) in [5, 5.41) is 1.07. The predicted molar refractivity (Wildman–Crippen MR) is 47.7 cm³/mol. The van der Waals surface area contributed by atoms with Crippen LogP contribution in [0.1, 0.15) is 6.92 Å². The molecular weight excluding hydrogens is 201 g/mol. The third-order valence-corrected chi connectivity index (χ3v) is 5.73. The van der Waals surface area contributed by atoms with Crippen LogP contribution >= 0.6 is 0 Å². The number of hydrogen-bond acceptors (Lipinski definition) is 3. The van der Waals surface area contributed by atoms with Crippen molar-refractivity contribution in [1.82, 2.24) is 5.43 Å². The number of nitrogens with two attached hydrogens (primary N) is 1. The van der Waals surface area contributed by atoms with Crippen LogP contribution in [-0.2, 0) is 4.79 Å². The van der Waals surface area contributed by atoms with E-state index in [-0.39, 0.29) is 0 Å². The molecule has 1 heterocycles. The van der Waals surface area contributed by atoms with Crippen molar-refractivity contribution in [3.05, 3.63) is 22.8 Å². The van der Waals surface area contributed by atoms with Gasteiger partial charge in [0.05, 0.1) is 0 Å². The van der Waals surface area contributed by atoms with Crippen molar-refractivity contribution in [2.75, 3.05) is 0 Å². The van der Waals surface area contributed by atoms with Crippen molar-refractivity contribution >= 4 is 23.4 Å². The molecule has 1 aliphatic rings. The normalized spacial score (nSPS) is 16.4. The zero-order valence-corrected chi connectivity index (χ0v) is 8.39. The van der Waals surface area contributed by atoms with E-state index in [0.717, 1.165) is 15.2 Å². The van der Waals surface area contributed by atoms with E-state index in [2.05, 4.69) is 5.43 Å². The Morgan fingerprint density at radius 1 is 1.73 bits per heavy atom. The molecule has 0 saturated carbocycles. The first-order chi connectivity index (χ1) is 5.29. The fourth-order valence-corrected chi connectivity index (χ4v) is 3.61. The summed E-state index contributed by atoms with van der Waals surface area (Å²) in [6, 6.07) is 0. The van der Waals surface area contributed by atoms with Crippen molar-refractivity contribution in [3.63, 3.8) is 0 Å². The van der Waals surface area contributed by atoms with Gasteiger partial charge in [-0.2, -0.15) is 0 Å². The van der Waals surface area contributed by atoms with Gasteiger partial charge in [0.1, 0.15) is 0 Å². The Morgan fingerprint density at radius 3 is 3.00 bits per heavy atom. The molecule has 11 heavy (non-hydrogen) atoms. The summed E-state index contributed by atoms with van der Waals surface area (Å²) < 4.78 is 1.13. The average molecular weight is 211 g/mol. The van der Waals surface area contributed by atoms with Gasteiger partial charge in [0.2, 0.25) is 0 Å². The van der Waals surface area contributed by atoms with E-state index in [9.17, 15) is 4.79 Å². The van der Waals surface area contributed by atoms with Crippen LogP contribution in [0.4, 0.5) is 0 Å². The van der Waals surface area contributed by atoms with Crippen molar-refractivity contribution in [3.8, 4) is 0 Å². The second kappa shape index (κ2) is 3.64. The van der Waals surface area contributed by atoms with Crippen LogP contribution in [0.2, 0.25) is 0 Å². The average Bonchev–Trinajstić information content (AvgIpc) is 2.05. The van der Waals surface area contributed by atoms with E-state index in [1.54, 1.807) is 0 Å². The number of hydrogen-bond donors (Lipinski definition) is 2. The second-order valence-corrected chi connectivity index (χ2v) is 6.96. The second-order valence-electron chi connectivity index (χ2n) is 2.28. The summed E-state index contributed by atoms with van der Waals surface area (Å²) in [6.07, 6.45) is 3.78. The van der Waals surface area contributed by atoms with Crippen LogP contribution < -0.4 is 11.3 Å². The molecule has 3 N–H and O–H groups in total. The molecule has 0 aromatic rings. The van der Waals surface area contributed by atoms with Gasteiger partial charge in [0.25, 0.3) is 0 Å². The van der Waals surface area contributed by atoms with Gasteiger partial charge >= 0.3 is 69.1 Å². The van der Waals surface area contributed by atoms with Gasteiger partial charge in [0.15, 0.2) is 0 Å². The van der Waals surface area contributed by atoms with Gasteiger partial charge in [-0.3, -0.25) is 0 Å². The SMILES string of the molecule is C[C]1=[Ge]([CH]=O)[CH]=CC=C1NN. The van der Waals surface area contributed by atoms with E-state index in [0.29, 0.717) is 0 Å². The number of nitrogens with one attached hydrogen (secondary N) is 1. The van der Waals surface area contributed by atoms with E-state index in [1.807, 2.05) is 24.0 Å². The molecule has 0 aliphatic carbocycles. The molecule has 0 aromatic heterocycles. The Hall–Kier alpha value is -0.677. The van der Waals surface area contributed by atoms with Crippen molar-refractivity contribution < 1.29 is 4.79 Å². The molecular formula is C7H10GeN2O. The molecule has 0 saturated heterocycles. The molecule has 4 heteroatoms. The number of hydrazine groups is 1. The maximum absolute atomic E-state index is 10.5. The summed E-state index contributed by atoms with van der Waals surface area (Å²) in [5.41, 5.74) is 3.47. The fourth-order valence-electron chi connectivity index (χ4n) is 0.938. The maximum atomic E-state index is 10.5. The quantitative estimate of drug-likeness (QED) is 0.279. The monoisotopic (exact) mass is 212 g/mol. The van der Waals surface area contributed by atoms with Crippen molar-refractivity contribution in [1.29, 1.82) is 0 Å². The first-order valence-electron chi connectivity index (χ1n) is 3.31. The number of carbonyl (C=O) groups excluding carboxylic acids is 1. The van der Waals surface area contributed by atoms with Crippen molar-refractivity contribution in [2.24, 2.45) is 5.84 Å². The summed E-state index contributed by atoms with van der Waals surface area (Å²) in [6.45, 7) is 1.96. The third kappa shape index (κ3) is 1.67. The zero-order valence-electron chi connectivity index (χ0n) is 6.29. The molecule has 58 valence electrons. The molecule has 3 nitrogen and oxygen atoms in total. The van der Waals surface area contributed by atoms with Gasteiger partial charge in [-0.05, 0) is 0 Å². The van der Waals surface area contributed by atoms with Crippen molar-refractivity contribution in [2.45, 2.75) is 6.92 Å². The fraction of sp³-hybridized carbons (Fsp3) is 0.143. The Kier molecular flexibility index (Phi) is 2.78. The first-order valence-corrected chi connectivity index (χ1v) is 6.78. The molecule has 0 fully saturated rings. The number of carbonyl (C=O) groups is 1. The van der Waals surface area contributed by atoms with Crippen LogP contribution in [0.5, 0.6) is 0 Å². The minimum absolute atomic E-state index is 0.898. The molecule has 0 spiro atoms. The Labute approximate surface area is 69.6 Å². The molecule has 1 rings (SSSR count). The molecule has 1 aliphatic heterocycles. The van der Waals surface area contributed by atoms with Crippen LogP contribution in [-0.4, -0.2) is 23.4 Å².